The summed E-state index contributed by atoms with van der Waals surface area (Å²) in [7, 11) is 0. The summed E-state index contributed by atoms with van der Waals surface area (Å²) in [5.74, 6) is -0.528. The molecule has 0 radical (unpaired) electrons. The fraction of sp³-hybridized carbons (Fsp3) is 0.300. The van der Waals surface area contributed by atoms with Crippen molar-refractivity contribution in [1.29, 1.82) is 0 Å². The van der Waals surface area contributed by atoms with Gasteiger partial charge < -0.3 is 15.0 Å². The number of nitrogens with zero attached hydrogens (tertiary/aromatic N) is 1. The normalized spacial score (nSPS) is 11.5. The second-order valence-electron chi connectivity index (χ2n) is 5.82. The number of carbonyl (C=O) groups is 2. The summed E-state index contributed by atoms with van der Waals surface area (Å²) in [6.45, 7) is 4.06. The first-order chi connectivity index (χ1) is 12.5. The van der Waals surface area contributed by atoms with E-state index in [1.54, 1.807) is 6.92 Å². The van der Waals surface area contributed by atoms with Gasteiger partial charge in [0.1, 0.15) is 17.6 Å². The maximum absolute atomic E-state index is 12.9. The number of halogens is 1. The molecule has 2 rings (SSSR count). The molecule has 0 aromatic heterocycles. The molecule has 1 unspecified atom stereocenters. The molecule has 0 heterocycles. The lowest BCUT2D eigenvalue weighted by atomic mass is 10.1. The Labute approximate surface area is 152 Å². The summed E-state index contributed by atoms with van der Waals surface area (Å²) in [6.07, 6.45) is 0. The number of hydrogen-bond acceptors (Lipinski definition) is 3. The van der Waals surface area contributed by atoms with Gasteiger partial charge in [-0.3, -0.25) is 9.59 Å². The Morgan fingerprint density at radius 3 is 2.38 bits per heavy atom. The average molecular weight is 358 g/mol. The molecule has 0 saturated heterocycles. The fourth-order valence-corrected chi connectivity index (χ4v) is 2.44. The predicted octanol–water partition coefficient (Wildman–Crippen LogP) is 2.76. The summed E-state index contributed by atoms with van der Waals surface area (Å²) >= 11 is 0. The molecule has 0 saturated carbocycles. The van der Waals surface area contributed by atoms with Crippen molar-refractivity contribution in [2.75, 3.05) is 13.2 Å². The van der Waals surface area contributed by atoms with Crippen LogP contribution in [-0.2, 0) is 16.1 Å². The van der Waals surface area contributed by atoms with Crippen molar-refractivity contribution in [1.82, 2.24) is 10.2 Å². The lowest BCUT2D eigenvalue weighted by Crippen LogP contribution is -2.49. The third kappa shape index (κ3) is 5.58. The monoisotopic (exact) mass is 358 g/mol. The molecule has 0 aliphatic heterocycles. The molecule has 0 spiro atoms. The van der Waals surface area contributed by atoms with Crippen LogP contribution in [0.15, 0.2) is 54.6 Å². The molecule has 138 valence electrons. The zero-order valence-corrected chi connectivity index (χ0v) is 14.9. The highest BCUT2D eigenvalue weighted by molar-refractivity contribution is 5.87. The zero-order valence-electron chi connectivity index (χ0n) is 14.9. The third-order valence-electron chi connectivity index (χ3n) is 3.89. The number of amides is 2. The largest absolute Gasteiger partial charge is 0.484 e. The molecule has 0 fully saturated rings. The van der Waals surface area contributed by atoms with Gasteiger partial charge in [-0.05, 0) is 43.7 Å². The fourth-order valence-electron chi connectivity index (χ4n) is 2.44. The lowest BCUT2D eigenvalue weighted by molar-refractivity contribution is -0.142. The molecule has 2 amide bonds. The number of ether oxygens (including phenoxy) is 1. The van der Waals surface area contributed by atoms with Crippen molar-refractivity contribution in [3.05, 3.63) is 66.0 Å². The molecule has 0 bridgehead atoms. The van der Waals surface area contributed by atoms with Crippen LogP contribution in [0, 0.1) is 5.82 Å². The molecule has 6 heteroatoms. The van der Waals surface area contributed by atoms with Crippen LogP contribution in [0.5, 0.6) is 5.75 Å². The van der Waals surface area contributed by atoms with E-state index in [-0.39, 0.29) is 24.2 Å². The Morgan fingerprint density at radius 2 is 1.77 bits per heavy atom. The standard InChI is InChI=1S/C20H23FN2O3/c1-3-22-20(25)15(2)23(13-16-7-5-4-6-8-16)19(24)14-26-18-11-9-17(21)10-12-18/h4-12,15H,3,13-14H2,1-2H3,(H,22,25). The minimum atomic E-state index is -0.639. The number of likely N-dealkylation sites (N-methyl/N-ethyl adjacent to an activating group) is 1. The summed E-state index contributed by atoms with van der Waals surface area (Å²) in [4.78, 5) is 26.4. The Balaban J connectivity index is 2.09. The van der Waals surface area contributed by atoms with E-state index >= 15 is 0 Å². The van der Waals surface area contributed by atoms with Crippen molar-refractivity contribution < 1.29 is 18.7 Å². The van der Waals surface area contributed by atoms with Gasteiger partial charge in [-0.1, -0.05) is 30.3 Å². The van der Waals surface area contributed by atoms with Gasteiger partial charge in [0.15, 0.2) is 6.61 Å². The summed E-state index contributed by atoms with van der Waals surface area (Å²) in [5, 5.41) is 2.73. The lowest BCUT2D eigenvalue weighted by Gasteiger charge is -2.28. The molecule has 1 N–H and O–H groups in total. The van der Waals surface area contributed by atoms with Crippen molar-refractivity contribution in [3.63, 3.8) is 0 Å². The van der Waals surface area contributed by atoms with Crippen LogP contribution >= 0.6 is 0 Å². The topological polar surface area (TPSA) is 58.6 Å². The van der Waals surface area contributed by atoms with Crippen molar-refractivity contribution in [3.8, 4) is 5.75 Å². The van der Waals surface area contributed by atoms with Gasteiger partial charge in [-0.2, -0.15) is 0 Å². The van der Waals surface area contributed by atoms with E-state index in [1.165, 1.54) is 29.2 Å². The number of hydrogen-bond donors (Lipinski definition) is 1. The van der Waals surface area contributed by atoms with Gasteiger partial charge in [0.25, 0.3) is 5.91 Å². The van der Waals surface area contributed by atoms with Crippen LogP contribution in [0.1, 0.15) is 19.4 Å². The Hall–Kier alpha value is -2.89. The predicted molar refractivity (Wildman–Crippen MR) is 97.0 cm³/mol. The van der Waals surface area contributed by atoms with Crippen LogP contribution in [-0.4, -0.2) is 35.9 Å². The van der Waals surface area contributed by atoms with Gasteiger partial charge in [0, 0.05) is 13.1 Å². The van der Waals surface area contributed by atoms with Crippen molar-refractivity contribution in [2.24, 2.45) is 0 Å². The molecular formula is C20H23FN2O3. The summed E-state index contributed by atoms with van der Waals surface area (Å²) in [6, 6.07) is 14.2. The van der Waals surface area contributed by atoms with Crippen LogP contribution in [0.2, 0.25) is 0 Å². The Morgan fingerprint density at radius 1 is 1.12 bits per heavy atom. The highest BCUT2D eigenvalue weighted by atomic mass is 19.1. The minimum Gasteiger partial charge on any atom is -0.484 e. The van der Waals surface area contributed by atoms with Crippen LogP contribution in [0.4, 0.5) is 4.39 Å². The maximum atomic E-state index is 12.9. The van der Waals surface area contributed by atoms with E-state index < -0.39 is 6.04 Å². The second kappa shape index (κ2) is 9.56. The number of rotatable bonds is 8. The molecular weight excluding hydrogens is 335 g/mol. The minimum absolute atomic E-state index is 0.224. The number of carbonyl (C=O) groups excluding carboxylic acids is 2. The molecule has 2 aromatic carbocycles. The Bertz CT molecular complexity index is 720. The van der Waals surface area contributed by atoms with Crippen LogP contribution < -0.4 is 10.1 Å². The van der Waals surface area contributed by atoms with Crippen LogP contribution in [0.25, 0.3) is 0 Å². The first-order valence-electron chi connectivity index (χ1n) is 8.50. The molecule has 2 aromatic rings. The maximum Gasteiger partial charge on any atom is 0.261 e. The molecule has 1 atom stereocenters. The summed E-state index contributed by atoms with van der Waals surface area (Å²) in [5.41, 5.74) is 0.916. The van der Waals surface area contributed by atoms with E-state index in [0.29, 0.717) is 18.8 Å². The Kier molecular flexibility index (Phi) is 7.14. The first-order valence-corrected chi connectivity index (χ1v) is 8.50. The highest BCUT2D eigenvalue weighted by Crippen LogP contribution is 2.13. The second-order valence-corrected chi connectivity index (χ2v) is 5.82. The average Bonchev–Trinajstić information content (AvgIpc) is 2.66. The molecule has 5 nitrogen and oxygen atoms in total. The number of nitrogens with one attached hydrogen (secondary N) is 1. The third-order valence-corrected chi connectivity index (χ3v) is 3.89. The van der Waals surface area contributed by atoms with E-state index in [4.69, 9.17) is 4.74 Å². The quantitative estimate of drug-likeness (QED) is 0.789. The van der Waals surface area contributed by atoms with Gasteiger partial charge in [0.2, 0.25) is 5.91 Å². The van der Waals surface area contributed by atoms with Crippen molar-refractivity contribution >= 4 is 11.8 Å². The van der Waals surface area contributed by atoms with E-state index in [9.17, 15) is 14.0 Å². The molecule has 0 aliphatic carbocycles. The van der Waals surface area contributed by atoms with E-state index in [1.807, 2.05) is 37.3 Å². The SMILES string of the molecule is CCNC(=O)C(C)N(Cc1ccccc1)C(=O)COc1ccc(F)cc1. The summed E-state index contributed by atoms with van der Waals surface area (Å²) < 4.78 is 18.4. The van der Waals surface area contributed by atoms with Gasteiger partial charge >= 0.3 is 0 Å². The van der Waals surface area contributed by atoms with Gasteiger partial charge in [-0.15, -0.1) is 0 Å². The zero-order chi connectivity index (χ0) is 18.9. The van der Waals surface area contributed by atoms with Crippen molar-refractivity contribution in [2.45, 2.75) is 26.4 Å². The van der Waals surface area contributed by atoms with Gasteiger partial charge in [-0.25, -0.2) is 4.39 Å². The number of benzene rings is 2. The van der Waals surface area contributed by atoms with Crippen LogP contribution in [0.3, 0.4) is 0 Å². The van der Waals surface area contributed by atoms with E-state index in [2.05, 4.69) is 5.32 Å². The highest BCUT2D eigenvalue weighted by Gasteiger charge is 2.26. The smallest absolute Gasteiger partial charge is 0.261 e. The molecule has 26 heavy (non-hydrogen) atoms. The molecule has 0 aliphatic rings. The van der Waals surface area contributed by atoms with E-state index in [0.717, 1.165) is 5.56 Å². The van der Waals surface area contributed by atoms with Gasteiger partial charge in [0.05, 0.1) is 0 Å². The first kappa shape index (κ1) is 19.4.